The van der Waals surface area contributed by atoms with Gasteiger partial charge in [-0.1, -0.05) is 77.0 Å². The third-order valence-corrected chi connectivity index (χ3v) is 8.09. The lowest BCUT2D eigenvalue weighted by Gasteiger charge is -2.24. The molecule has 0 bridgehead atoms. The van der Waals surface area contributed by atoms with Crippen LogP contribution in [-0.4, -0.2) is 24.3 Å². The van der Waals surface area contributed by atoms with E-state index in [9.17, 15) is 9.59 Å². The number of aromatic nitrogens is 1. The molecule has 0 aliphatic carbocycles. The van der Waals surface area contributed by atoms with E-state index in [2.05, 4.69) is 4.99 Å². The van der Waals surface area contributed by atoms with E-state index in [-0.39, 0.29) is 18.8 Å². The summed E-state index contributed by atoms with van der Waals surface area (Å²) < 4.78 is 18.9. The molecule has 41 heavy (non-hydrogen) atoms. The van der Waals surface area contributed by atoms with Gasteiger partial charge in [0.05, 0.1) is 35.6 Å². The SMILES string of the molecule is CCOC(=O)C1=C(C)N=c2s/c(=C/c3ccc(OCc4ccc(Cl)cc4Cl)c(OC)c3)c(=O)n2[C@H]1c1ccccc1. The highest BCUT2D eigenvalue weighted by molar-refractivity contribution is 7.07. The van der Waals surface area contributed by atoms with E-state index >= 15 is 0 Å². The van der Waals surface area contributed by atoms with Crippen LogP contribution in [-0.2, 0) is 16.1 Å². The maximum atomic E-state index is 13.8. The Bertz CT molecular complexity index is 1830. The number of methoxy groups -OCH3 is 1. The van der Waals surface area contributed by atoms with Gasteiger partial charge in [-0.25, -0.2) is 9.79 Å². The summed E-state index contributed by atoms with van der Waals surface area (Å²) in [6.07, 6.45) is 1.78. The number of carbonyl (C=O) groups excluding carboxylic acids is 1. The molecule has 0 unspecified atom stereocenters. The summed E-state index contributed by atoms with van der Waals surface area (Å²) in [5, 5.41) is 1.06. The molecule has 0 spiro atoms. The molecule has 0 fully saturated rings. The lowest BCUT2D eigenvalue weighted by Crippen LogP contribution is -2.39. The fourth-order valence-electron chi connectivity index (χ4n) is 4.58. The van der Waals surface area contributed by atoms with Crippen LogP contribution in [0.25, 0.3) is 6.08 Å². The van der Waals surface area contributed by atoms with E-state index in [4.69, 9.17) is 37.4 Å². The summed E-state index contributed by atoms with van der Waals surface area (Å²) in [6, 6.07) is 19.4. The molecule has 10 heteroatoms. The molecule has 0 N–H and O–H groups in total. The lowest BCUT2D eigenvalue weighted by molar-refractivity contribution is -0.139. The maximum Gasteiger partial charge on any atom is 0.338 e. The number of fused-ring (bicyclic) bond motifs is 1. The number of thiazole rings is 1. The third kappa shape index (κ3) is 5.95. The third-order valence-electron chi connectivity index (χ3n) is 6.52. The van der Waals surface area contributed by atoms with Crippen molar-refractivity contribution in [3.05, 3.63) is 124 Å². The topological polar surface area (TPSA) is 79.1 Å². The number of halogens is 2. The summed E-state index contributed by atoms with van der Waals surface area (Å²) in [5.41, 5.74) is 2.93. The van der Waals surface area contributed by atoms with Crippen LogP contribution in [0.1, 0.15) is 36.6 Å². The van der Waals surface area contributed by atoms with Crippen LogP contribution in [0.15, 0.2) is 87.8 Å². The van der Waals surface area contributed by atoms with E-state index < -0.39 is 12.0 Å². The number of rotatable bonds is 8. The highest BCUT2D eigenvalue weighted by Crippen LogP contribution is 2.32. The highest BCUT2D eigenvalue weighted by atomic mass is 35.5. The maximum absolute atomic E-state index is 13.8. The minimum absolute atomic E-state index is 0.218. The smallest absolute Gasteiger partial charge is 0.338 e. The van der Waals surface area contributed by atoms with Gasteiger partial charge in [-0.2, -0.15) is 0 Å². The molecule has 7 nitrogen and oxygen atoms in total. The van der Waals surface area contributed by atoms with Crippen molar-refractivity contribution >= 4 is 46.6 Å². The van der Waals surface area contributed by atoms with Crippen molar-refractivity contribution in [3.63, 3.8) is 0 Å². The van der Waals surface area contributed by atoms with Gasteiger partial charge in [-0.05, 0) is 55.3 Å². The van der Waals surface area contributed by atoms with Crippen molar-refractivity contribution in [2.24, 2.45) is 4.99 Å². The molecule has 3 aromatic carbocycles. The Morgan fingerprint density at radius 3 is 2.56 bits per heavy atom. The number of hydrogen-bond acceptors (Lipinski definition) is 7. The van der Waals surface area contributed by atoms with E-state index in [0.717, 1.165) is 16.7 Å². The zero-order valence-corrected chi connectivity index (χ0v) is 24.8. The van der Waals surface area contributed by atoms with E-state index in [1.54, 1.807) is 55.9 Å². The van der Waals surface area contributed by atoms with Crippen LogP contribution in [0.4, 0.5) is 0 Å². The number of esters is 1. The molecule has 1 atom stereocenters. The van der Waals surface area contributed by atoms with Crippen LogP contribution in [0, 0.1) is 0 Å². The van der Waals surface area contributed by atoms with Crippen LogP contribution in [0.3, 0.4) is 0 Å². The summed E-state index contributed by atoms with van der Waals surface area (Å²) in [5.74, 6) is 0.534. The lowest BCUT2D eigenvalue weighted by atomic mass is 9.96. The molecular weight excluding hydrogens is 583 g/mol. The molecule has 4 aromatic rings. The Hall–Kier alpha value is -3.85. The number of allylic oxidation sites excluding steroid dienone is 1. The van der Waals surface area contributed by atoms with Crippen molar-refractivity contribution in [2.75, 3.05) is 13.7 Å². The van der Waals surface area contributed by atoms with Gasteiger partial charge in [0.2, 0.25) is 0 Å². The molecule has 0 amide bonds. The number of ether oxygens (including phenoxy) is 3. The quantitative estimate of drug-likeness (QED) is 0.240. The second-order valence-corrected chi connectivity index (χ2v) is 11.0. The van der Waals surface area contributed by atoms with Gasteiger partial charge in [-0.15, -0.1) is 0 Å². The predicted octanol–water partition coefficient (Wildman–Crippen LogP) is 5.69. The molecule has 1 aromatic heterocycles. The minimum Gasteiger partial charge on any atom is -0.493 e. The Kier molecular flexibility index (Phi) is 8.63. The van der Waals surface area contributed by atoms with Gasteiger partial charge >= 0.3 is 5.97 Å². The standard InChI is InChI=1S/C31H26Cl2N2O5S/c1-4-39-30(37)27-18(2)34-31-35(28(27)20-8-6-5-7-9-20)29(36)26(41-31)15-19-10-13-24(25(14-19)38-3)40-17-21-11-12-22(32)16-23(21)33/h5-16,28H,4,17H2,1-3H3/b26-15+/t28-/m0/s1. The van der Waals surface area contributed by atoms with Gasteiger partial charge in [0, 0.05) is 15.6 Å². The average Bonchev–Trinajstić information content (AvgIpc) is 3.26. The Morgan fingerprint density at radius 1 is 1.07 bits per heavy atom. The first-order chi connectivity index (χ1) is 19.8. The van der Waals surface area contributed by atoms with Gasteiger partial charge in [-0.3, -0.25) is 9.36 Å². The van der Waals surface area contributed by atoms with Gasteiger partial charge in [0.15, 0.2) is 16.3 Å². The van der Waals surface area contributed by atoms with E-state index in [1.165, 1.54) is 11.3 Å². The van der Waals surface area contributed by atoms with E-state index in [1.807, 2.05) is 42.5 Å². The average molecular weight is 610 g/mol. The zero-order valence-electron chi connectivity index (χ0n) is 22.5. The Balaban J connectivity index is 1.52. The molecular formula is C31H26Cl2N2O5S. The number of carbonyl (C=O) groups is 1. The molecule has 1 aliphatic heterocycles. The van der Waals surface area contributed by atoms with Crippen molar-refractivity contribution in [1.29, 1.82) is 0 Å². The normalized spacial score (nSPS) is 14.9. The van der Waals surface area contributed by atoms with Gasteiger partial charge < -0.3 is 14.2 Å². The molecule has 210 valence electrons. The first kappa shape index (κ1) is 28.7. The number of hydrogen-bond donors (Lipinski definition) is 0. The minimum atomic E-state index is -0.654. The number of benzene rings is 3. The van der Waals surface area contributed by atoms with Gasteiger partial charge in [0.25, 0.3) is 5.56 Å². The van der Waals surface area contributed by atoms with Crippen molar-refractivity contribution < 1.29 is 19.0 Å². The summed E-state index contributed by atoms with van der Waals surface area (Å²) in [7, 11) is 1.55. The van der Waals surface area contributed by atoms with Crippen LogP contribution >= 0.6 is 34.5 Å². The highest BCUT2D eigenvalue weighted by Gasteiger charge is 2.33. The first-order valence-corrected chi connectivity index (χ1v) is 14.4. The summed E-state index contributed by atoms with van der Waals surface area (Å²) in [6.45, 7) is 3.96. The van der Waals surface area contributed by atoms with Crippen LogP contribution < -0.4 is 24.4 Å². The van der Waals surface area contributed by atoms with Crippen molar-refractivity contribution in [1.82, 2.24) is 4.57 Å². The molecule has 1 aliphatic rings. The fourth-order valence-corrected chi connectivity index (χ4v) is 6.09. The predicted molar refractivity (Wildman–Crippen MR) is 161 cm³/mol. The monoisotopic (exact) mass is 608 g/mol. The Morgan fingerprint density at radius 2 is 1.85 bits per heavy atom. The second-order valence-electron chi connectivity index (χ2n) is 9.15. The summed E-state index contributed by atoms with van der Waals surface area (Å²) in [4.78, 5) is 31.9. The largest absolute Gasteiger partial charge is 0.493 e. The molecule has 0 radical (unpaired) electrons. The molecule has 2 heterocycles. The van der Waals surface area contributed by atoms with Crippen molar-refractivity contribution in [3.8, 4) is 11.5 Å². The fraction of sp³-hybridized carbons (Fsp3) is 0.194. The van der Waals surface area contributed by atoms with E-state index in [0.29, 0.717) is 42.1 Å². The van der Waals surface area contributed by atoms with Gasteiger partial charge in [0.1, 0.15) is 6.61 Å². The Labute approximate surface area is 250 Å². The zero-order chi connectivity index (χ0) is 29.1. The molecule has 0 saturated carbocycles. The van der Waals surface area contributed by atoms with Crippen LogP contribution in [0.5, 0.6) is 11.5 Å². The second kappa shape index (κ2) is 12.3. The molecule has 5 rings (SSSR count). The summed E-state index contributed by atoms with van der Waals surface area (Å²) >= 11 is 13.5. The first-order valence-electron chi connectivity index (χ1n) is 12.8. The van der Waals surface area contributed by atoms with Crippen molar-refractivity contribution in [2.45, 2.75) is 26.5 Å². The molecule has 0 saturated heterocycles. The number of nitrogens with zero attached hydrogens (tertiary/aromatic N) is 2. The van der Waals surface area contributed by atoms with Crippen LogP contribution in [0.2, 0.25) is 10.0 Å².